The molecule has 3 nitrogen and oxygen atoms in total. The standard InChI is InChI=1S/C14H13NO2S/c1-15-10-4-2-3-5-12(10)18-13-7-6-9(14(16)17)8-11(13)15/h2-8,11,13H,1H3,(H,16,17)/t11-,13+/m0/s1. The lowest BCUT2D eigenvalue weighted by Gasteiger charge is -2.40. The number of fused-ring (bicyclic) bond motifs is 2. The summed E-state index contributed by atoms with van der Waals surface area (Å²) in [5.74, 6) is -0.859. The van der Waals surface area contributed by atoms with Gasteiger partial charge in [-0.2, -0.15) is 0 Å². The SMILES string of the molecule is CN1c2ccccc2S[C@@H]2C=CC(C(=O)O)=C[C@@H]21. The number of thioether (sulfide) groups is 1. The fraction of sp³-hybridized carbons (Fsp3) is 0.214. The number of rotatable bonds is 1. The number of carbonyl (C=O) groups is 1. The predicted molar refractivity (Wildman–Crippen MR) is 73.1 cm³/mol. The van der Waals surface area contributed by atoms with Crippen molar-refractivity contribution in [1.82, 2.24) is 0 Å². The van der Waals surface area contributed by atoms with Crippen molar-refractivity contribution < 1.29 is 9.90 Å². The molecule has 2 aliphatic rings. The van der Waals surface area contributed by atoms with Crippen molar-refractivity contribution in [1.29, 1.82) is 0 Å². The minimum atomic E-state index is -0.859. The molecule has 1 aliphatic heterocycles. The van der Waals surface area contributed by atoms with E-state index in [4.69, 9.17) is 5.11 Å². The number of hydrogen-bond donors (Lipinski definition) is 1. The fourth-order valence-corrected chi connectivity index (χ4v) is 3.73. The Morgan fingerprint density at radius 1 is 1.39 bits per heavy atom. The topological polar surface area (TPSA) is 40.5 Å². The van der Waals surface area contributed by atoms with E-state index in [0.29, 0.717) is 5.57 Å². The molecule has 1 N–H and O–H groups in total. The van der Waals surface area contributed by atoms with Crippen molar-refractivity contribution >= 4 is 23.4 Å². The van der Waals surface area contributed by atoms with Crippen LogP contribution in [0.3, 0.4) is 0 Å². The first-order valence-electron chi connectivity index (χ1n) is 5.78. The third kappa shape index (κ3) is 1.73. The molecule has 0 spiro atoms. The Morgan fingerprint density at radius 2 is 2.17 bits per heavy atom. The molecule has 1 aromatic rings. The van der Waals surface area contributed by atoms with Crippen molar-refractivity contribution in [2.45, 2.75) is 16.2 Å². The first-order valence-corrected chi connectivity index (χ1v) is 6.66. The number of carboxylic acids is 1. The van der Waals surface area contributed by atoms with Crippen molar-refractivity contribution in [3.63, 3.8) is 0 Å². The fourth-order valence-electron chi connectivity index (χ4n) is 2.39. The molecular formula is C14H13NO2S. The largest absolute Gasteiger partial charge is 0.478 e. The summed E-state index contributed by atoms with van der Waals surface area (Å²) < 4.78 is 0. The maximum Gasteiger partial charge on any atom is 0.335 e. The van der Waals surface area contributed by atoms with Crippen LogP contribution in [0.5, 0.6) is 0 Å². The Morgan fingerprint density at radius 3 is 2.94 bits per heavy atom. The van der Waals surface area contributed by atoms with Crippen LogP contribution in [0.1, 0.15) is 0 Å². The molecule has 2 atom stereocenters. The van der Waals surface area contributed by atoms with Gasteiger partial charge in [-0.05, 0) is 18.2 Å². The molecule has 18 heavy (non-hydrogen) atoms. The van der Waals surface area contributed by atoms with Crippen LogP contribution in [0.15, 0.2) is 53.0 Å². The smallest absolute Gasteiger partial charge is 0.335 e. The average molecular weight is 259 g/mol. The molecule has 1 heterocycles. The molecule has 4 heteroatoms. The summed E-state index contributed by atoms with van der Waals surface area (Å²) in [5.41, 5.74) is 1.54. The second-order valence-electron chi connectivity index (χ2n) is 4.44. The minimum Gasteiger partial charge on any atom is -0.478 e. The van der Waals surface area contributed by atoms with Crippen LogP contribution in [0, 0.1) is 0 Å². The molecule has 1 aliphatic carbocycles. The van der Waals surface area contributed by atoms with Gasteiger partial charge in [-0.3, -0.25) is 0 Å². The molecule has 0 saturated heterocycles. The highest BCUT2D eigenvalue weighted by Gasteiger charge is 2.32. The molecule has 0 fully saturated rings. The Labute approximate surface area is 110 Å². The van der Waals surface area contributed by atoms with Gasteiger partial charge in [-0.1, -0.05) is 24.3 Å². The highest BCUT2D eigenvalue weighted by molar-refractivity contribution is 8.00. The summed E-state index contributed by atoms with van der Waals surface area (Å²) in [6.45, 7) is 0. The van der Waals surface area contributed by atoms with E-state index in [1.54, 1.807) is 17.8 Å². The van der Waals surface area contributed by atoms with Crippen LogP contribution < -0.4 is 4.90 Å². The Hall–Kier alpha value is -1.68. The molecule has 92 valence electrons. The van der Waals surface area contributed by atoms with E-state index in [0.717, 1.165) is 0 Å². The van der Waals surface area contributed by atoms with E-state index >= 15 is 0 Å². The number of para-hydroxylation sites is 1. The number of anilines is 1. The van der Waals surface area contributed by atoms with Crippen LogP contribution in [0.2, 0.25) is 0 Å². The Kier molecular flexibility index (Phi) is 2.67. The van der Waals surface area contributed by atoms with E-state index in [1.807, 2.05) is 31.3 Å². The number of nitrogens with zero attached hydrogens (tertiary/aromatic N) is 1. The van der Waals surface area contributed by atoms with Crippen molar-refractivity contribution in [2.24, 2.45) is 0 Å². The summed E-state index contributed by atoms with van der Waals surface area (Å²) in [7, 11) is 2.02. The van der Waals surface area contributed by atoms with Crippen molar-refractivity contribution in [3.05, 3.63) is 48.1 Å². The second kappa shape index (κ2) is 4.21. The molecule has 0 unspecified atom stereocenters. The monoisotopic (exact) mass is 259 g/mol. The highest BCUT2D eigenvalue weighted by atomic mass is 32.2. The quantitative estimate of drug-likeness (QED) is 0.841. The zero-order valence-electron chi connectivity index (χ0n) is 9.91. The number of carboxylic acid groups (broad SMARTS) is 1. The molecule has 1 aromatic carbocycles. The summed E-state index contributed by atoms with van der Waals surface area (Å²) in [6.07, 6.45) is 5.54. The lowest BCUT2D eigenvalue weighted by molar-refractivity contribution is -0.132. The number of hydrogen-bond acceptors (Lipinski definition) is 3. The van der Waals surface area contributed by atoms with Gasteiger partial charge in [0, 0.05) is 11.9 Å². The van der Waals surface area contributed by atoms with Gasteiger partial charge in [0.25, 0.3) is 0 Å². The van der Waals surface area contributed by atoms with Gasteiger partial charge in [-0.15, -0.1) is 11.8 Å². The van der Waals surface area contributed by atoms with Crippen LogP contribution in [0.4, 0.5) is 5.69 Å². The third-order valence-corrected chi connectivity index (χ3v) is 4.66. The first kappa shape index (κ1) is 11.4. The van der Waals surface area contributed by atoms with E-state index in [2.05, 4.69) is 17.0 Å². The third-order valence-electron chi connectivity index (χ3n) is 3.35. The van der Waals surface area contributed by atoms with Crippen LogP contribution in [-0.2, 0) is 4.79 Å². The summed E-state index contributed by atoms with van der Waals surface area (Å²) in [4.78, 5) is 14.4. The van der Waals surface area contributed by atoms with Crippen LogP contribution in [0.25, 0.3) is 0 Å². The molecule has 0 saturated carbocycles. The average Bonchev–Trinajstić information content (AvgIpc) is 2.38. The zero-order valence-corrected chi connectivity index (χ0v) is 10.7. The van der Waals surface area contributed by atoms with Gasteiger partial charge < -0.3 is 10.0 Å². The van der Waals surface area contributed by atoms with Gasteiger partial charge in [0.1, 0.15) is 0 Å². The van der Waals surface area contributed by atoms with E-state index in [1.165, 1.54) is 10.6 Å². The van der Waals surface area contributed by atoms with Gasteiger partial charge in [0.15, 0.2) is 0 Å². The number of benzene rings is 1. The number of aliphatic carboxylic acids is 1. The lowest BCUT2D eigenvalue weighted by atomic mass is 10.00. The number of likely N-dealkylation sites (N-methyl/N-ethyl adjacent to an activating group) is 1. The second-order valence-corrected chi connectivity index (χ2v) is 5.66. The summed E-state index contributed by atoms with van der Waals surface area (Å²) >= 11 is 1.79. The summed E-state index contributed by atoms with van der Waals surface area (Å²) in [5, 5.41) is 9.35. The normalized spacial score (nSPS) is 25.2. The molecule has 0 aromatic heterocycles. The maximum atomic E-state index is 11.0. The van der Waals surface area contributed by atoms with E-state index in [-0.39, 0.29) is 11.3 Å². The van der Waals surface area contributed by atoms with Crippen LogP contribution >= 0.6 is 11.8 Å². The lowest BCUT2D eigenvalue weighted by Crippen LogP contribution is -2.42. The summed E-state index contributed by atoms with van der Waals surface area (Å²) in [6, 6.07) is 8.34. The first-order chi connectivity index (χ1) is 8.66. The molecule has 0 amide bonds. The molecule has 3 rings (SSSR count). The van der Waals surface area contributed by atoms with E-state index in [9.17, 15) is 4.79 Å². The van der Waals surface area contributed by atoms with Crippen molar-refractivity contribution in [2.75, 3.05) is 11.9 Å². The zero-order chi connectivity index (χ0) is 12.7. The van der Waals surface area contributed by atoms with Gasteiger partial charge in [0.2, 0.25) is 0 Å². The molecule has 0 bridgehead atoms. The van der Waals surface area contributed by atoms with Crippen molar-refractivity contribution in [3.8, 4) is 0 Å². The van der Waals surface area contributed by atoms with E-state index < -0.39 is 5.97 Å². The van der Waals surface area contributed by atoms with Gasteiger partial charge >= 0.3 is 5.97 Å². The van der Waals surface area contributed by atoms with Gasteiger partial charge in [0.05, 0.1) is 22.6 Å². The Balaban J connectivity index is 2.02. The molecular weight excluding hydrogens is 246 g/mol. The molecule has 0 radical (unpaired) electrons. The van der Waals surface area contributed by atoms with Gasteiger partial charge in [-0.25, -0.2) is 4.79 Å². The maximum absolute atomic E-state index is 11.0. The predicted octanol–water partition coefficient (Wildman–Crippen LogP) is 2.55. The Bertz CT molecular complexity index is 565. The minimum absolute atomic E-state index is 0.112. The van der Waals surface area contributed by atoms with Crippen LogP contribution in [-0.4, -0.2) is 29.4 Å². The highest BCUT2D eigenvalue weighted by Crippen LogP contribution is 2.43.